The van der Waals surface area contributed by atoms with E-state index < -0.39 is 4.92 Å². The lowest BCUT2D eigenvalue weighted by Gasteiger charge is -2.24. The first kappa shape index (κ1) is 15.6. The normalized spacial score (nSPS) is 16.7. The molecule has 1 aromatic rings. The first-order valence-electron chi connectivity index (χ1n) is 7.54. The van der Waals surface area contributed by atoms with Crippen molar-refractivity contribution in [3.05, 3.63) is 28.3 Å². The van der Waals surface area contributed by atoms with E-state index in [2.05, 4.69) is 5.32 Å². The topological polar surface area (TPSA) is 90.4 Å². The van der Waals surface area contributed by atoms with Gasteiger partial charge in [-0.2, -0.15) is 0 Å². The van der Waals surface area contributed by atoms with Crippen LogP contribution in [0.5, 0.6) is 5.75 Å². The Kier molecular flexibility index (Phi) is 5.38. The van der Waals surface area contributed by atoms with Crippen LogP contribution in [0.4, 0.5) is 11.4 Å². The van der Waals surface area contributed by atoms with Crippen LogP contribution in [-0.2, 0) is 0 Å². The summed E-state index contributed by atoms with van der Waals surface area (Å²) in [5.41, 5.74) is 6.35. The van der Waals surface area contributed by atoms with Crippen LogP contribution in [0, 0.1) is 16.0 Å². The van der Waals surface area contributed by atoms with Crippen molar-refractivity contribution in [2.75, 3.05) is 18.5 Å². The Morgan fingerprint density at radius 1 is 1.48 bits per heavy atom. The summed E-state index contributed by atoms with van der Waals surface area (Å²) in [5, 5.41) is 14.6. The van der Waals surface area contributed by atoms with Crippen molar-refractivity contribution in [2.24, 2.45) is 11.7 Å². The van der Waals surface area contributed by atoms with E-state index in [1.54, 1.807) is 18.2 Å². The van der Waals surface area contributed by atoms with Gasteiger partial charge in [-0.15, -0.1) is 0 Å². The minimum atomic E-state index is -0.393. The predicted octanol–water partition coefficient (Wildman–Crippen LogP) is 2.92. The number of ether oxygens (including phenoxy) is 1. The summed E-state index contributed by atoms with van der Waals surface area (Å²) < 4.78 is 5.37. The van der Waals surface area contributed by atoms with Crippen molar-refractivity contribution >= 4 is 11.4 Å². The fraction of sp³-hybridized carbons (Fsp3) is 0.600. The van der Waals surface area contributed by atoms with Crippen molar-refractivity contribution < 1.29 is 9.66 Å². The molecule has 1 aliphatic rings. The van der Waals surface area contributed by atoms with Crippen LogP contribution < -0.4 is 15.8 Å². The van der Waals surface area contributed by atoms with Gasteiger partial charge in [0.25, 0.3) is 0 Å². The standard InChI is InChI=1S/C15H23N3O3/c1-2-21-14-9-5-8-12(15(14)18(19)20)17-13(10-16)11-6-3-4-7-11/h5,8-9,11,13,17H,2-4,6-7,10,16H2,1H3. The lowest BCUT2D eigenvalue weighted by molar-refractivity contribution is -0.385. The van der Waals surface area contributed by atoms with Crippen molar-refractivity contribution in [3.8, 4) is 5.75 Å². The highest BCUT2D eigenvalue weighted by atomic mass is 16.6. The average molecular weight is 293 g/mol. The first-order chi connectivity index (χ1) is 10.2. The van der Waals surface area contributed by atoms with E-state index >= 15 is 0 Å². The van der Waals surface area contributed by atoms with E-state index in [0.29, 0.717) is 30.5 Å². The number of nitrogens with two attached hydrogens (primary N) is 1. The van der Waals surface area contributed by atoms with Gasteiger partial charge >= 0.3 is 5.69 Å². The van der Waals surface area contributed by atoms with Gasteiger partial charge in [-0.1, -0.05) is 18.9 Å². The van der Waals surface area contributed by atoms with Crippen LogP contribution in [0.15, 0.2) is 18.2 Å². The second kappa shape index (κ2) is 7.26. The summed E-state index contributed by atoms with van der Waals surface area (Å²) in [5.74, 6) is 0.792. The molecule has 1 saturated carbocycles. The molecule has 0 saturated heterocycles. The highest BCUT2D eigenvalue weighted by molar-refractivity contribution is 5.68. The van der Waals surface area contributed by atoms with Crippen molar-refractivity contribution in [1.82, 2.24) is 0 Å². The highest BCUT2D eigenvalue weighted by Crippen LogP contribution is 2.37. The monoisotopic (exact) mass is 293 g/mol. The molecule has 1 unspecified atom stereocenters. The van der Waals surface area contributed by atoms with Gasteiger partial charge < -0.3 is 15.8 Å². The fourth-order valence-electron chi connectivity index (χ4n) is 3.03. The summed E-state index contributed by atoms with van der Waals surface area (Å²) in [4.78, 5) is 11.0. The van der Waals surface area contributed by atoms with Crippen LogP contribution in [-0.4, -0.2) is 24.1 Å². The molecule has 21 heavy (non-hydrogen) atoms. The molecule has 6 nitrogen and oxygen atoms in total. The van der Waals surface area contributed by atoms with Crippen molar-refractivity contribution in [2.45, 2.75) is 38.6 Å². The molecule has 0 amide bonds. The quantitative estimate of drug-likeness (QED) is 0.596. The Bertz CT molecular complexity index is 487. The van der Waals surface area contributed by atoms with Gasteiger partial charge in [-0.05, 0) is 37.8 Å². The van der Waals surface area contributed by atoms with E-state index in [9.17, 15) is 10.1 Å². The number of nitrogens with one attached hydrogen (secondary N) is 1. The van der Waals surface area contributed by atoms with E-state index in [1.165, 1.54) is 12.8 Å². The summed E-state index contributed by atoms with van der Waals surface area (Å²) in [6, 6.07) is 5.18. The molecular weight excluding hydrogens is 270 g/mol. The second-order valence-corrected chi connectivity index (χ2v) is 5.37. The molecule has 3 N–H and O–H groups in total. The Hall–Kier alpha value is -1.82. The molecule has 1 fully saturated rings. The molecule has 116 valence electrons. The van der Waals surface area contributed by atoms with Gasteiger partial charge in [0.15, 0.2) is 5.75 Å². The minimum Gasteiger partial charge on any atom is -0.487 e. The molecule has 0 aliphatic heterocycles. The van der Waals surface area contributed by atoms with Gasteiger partial charge in [-0.25, -0.2) is 0 Å². The summed E-state index contributed by atoms with van der Waals surface area (Å²) in [7, 11) is 0. The molecule has 6 heteroatoms. The molecule has 1 aliphatic carbocycles. The fourth-order valence-corrected chi connectivity index (χ4v) is 3.03. The minimum absolute atomic E-state index is 0.00389. The third kappa shape index (κ3) is 3.64. The zero-order valence-electron chi connectivity index (χ0n) is 12.4. The lowest BCUT2D eigenvalue weighted by Crippen LogP contribution is -2.35. The molecule has 0 bridgehead atoms. The van der Waals surface area contributed by atoms with E-state index in [0.717, 1.165) is 12.8 Å². The van der Waals surface area contributed by atoms with Gasteiger partial charge in [0.1, 0.15) is 5.69 Å². The number of rotatable bonds is 7. The SMILES string of the molecule is CCOc1cccc(NC(CN)C2CCCC2)c1[N+](=O)[O-]. The maximum Gasteiger partial charge on any atom is 0.333 e. The van der Waals surface area contributed by atoms with Gasteiger partial charge in [0.2, 0.25) is 0 Å². The van der Waals surface area contributed by atoms with Gasteiger partial charge in [0.05, 0.1) is 11.5 Å². The molecular formula is C15H23N3O3. The number of para-hydroxylation sites is 1. The number of hydrogen-bond acceptors (Lipinski definition) is 5. The van der Waals surface area contributed by atoms with Crippen molar-refractivity contribution in [1.29, 1.82) is 0 Å². The zero-order valence-corrected chi connectivity index (χ0v) is 12.4. The van der Waals surface area contributed by atoms with Crippen LogP contribution in [0.3, 0.4) is 0 Å². The zero-order chi connectivity index (χ0) is 15.2. The van der Waals surface area contributed by atoms with E-state index in [-0.39, 0.29) is 11.7 Å². The third-order valence-electron chi connectivity index (χ3n) is 4.05. The maximum absolute atomic E-state index is 11.4. The van der Waals surface area contributed by atoms with E-state index in [4.69, 9.17) is 10.5 Å². The Morgan fingerprint density at radius 3 is 2.76 bits per heavy atom. The number of nitro groups is 1. The first-order valence-corrected chi connectivity index (χ1v) is 7.54. The highest BCUT2D eigenvalue weighted by Gasteiger charge is 2.27. The molecule has 1 aromatic carbocycles. The number of hydrogen-bond donors (Lipinski definition) is 2. The number of nitro benzene ring substituents is 1. The van der Waals surface area contributed by atoms with Crippen LogP contribution in [0.25, 0.3) is 0 Å². The molecule has 0 spiro atoms. The average Bonchev–Trinajstić information content (AvgIpc) is 2.99. The molecule has 0 heterocycles. The number of benzene rings is 1. The smallest absolute Gasteiger partial charge is 0.333 e. The Labute approximate surface area is 124 Å². The van der Waals surface area contributed by atoms with Crippen LogP contribution in [0.2, 0.25) is 0 Å². The Balaban J connectivity index is 2.25. The van der Waals surface area contributed by atoms with Gasteiger partial charge in [-0.3, -0.25) is 10.1 Å². The van der Waals surface area contributed by atoms with Crippen molar-refractivity contribution in [3.63, 3.8) is 0 Å². The molecule has 0 radical (unpaired) electrons. The molecule has 0 aromatic heterocycles. The summed E-state index contributed by atoms with van der Waals surface area (Å²) >= 11 is 0. The molecule has 1 atom stereocenters. The predicted molar refractivity (Wildman–Crippen MR) is 82.7 cm³/mol. The van der Waals surface area contributed by atoms with Crippen LogP contribution in [0.1, 0.15) is 32.6 Å². The summed E-state index contributed by atoms with van der Waals surface area (Å²) in [6.45, 7) is 2.68. The largest absolute Gasteiger partial charge is 0.487 e. The number of nitrogens with zero attached hydrogens (tertiary/aromatic N) is 1. The van der Waals surface area contributed by atoms with Crippen LogP contribution >= 0.6 is 0 Å². The summed E-state index contributed by atoms with van der Waals surface area (Å²) in [6.07, 6.45) is 4.69. The lowest BCUT2D eigenvalue weighted by atomic mass is 9.98. The second-order valence-electron chi connectivity index (χ2n) is 5.37. The number of anilines is 1. The molecule has 2 rings (SSSR count). The maximum atomic E-state index is 11.4. The third-order valence-corrected chi connectivity index (χ3v) is 4.05. The van der Waals surface area contributed by atoms with E-state index in [1.807, 2.05) is 6.92 Å². The Morgan fingerprint density at radius 2 is 2.19 bits per heavy atom. The van der Waals surface area contributed by atoms with Gasteiger partial charge in [0, 0.05) is 12.6 Å².